The summed E-state index contributed by atoms with van der Waals surface area (Å²) in [7, 11) is 0. The second-order valence-corrected chi connectivity index (χ2v) is 12.8. The van der Waals surface area contributed by atoms with Crippen LogP contribution in [-0.4, -0.2) is 9.39 Å². The summed E-state index contributed by atoms with van der Waals surface area (Å²) in [5, 5.41) is 5.71. The molecule has 1 nitrogen and oxygen atoms in total. The van der Waals surface area contributed by atoms with E-state index in [1.807, 2.05) is 11.8 Å². The summed E-state index contributed by atoms with van der Waals surface area (Å²) < 4.78 is 2.39. The average Bonchev–Trinajstić information content (AvgIpc) is 3.51. The lowest BCUT2D eigenvalue weighted by Crippen LogP contribution is -2.15. The first-order chi connectivity index (χ1) is 19.3. The maximum atomic E-state index is 4.18. The first-order valence-corrected chi connectivity index (χ1v) is 15.3. The number of halogens is 1. The monoisotopic (exact) mass is 583 g/mol. The Kier molecular flexibility index (Phi) is 5.57. The Hall–Kier alpha value is -3.53. The molecule has 2 heterocycles. The lowest BCUT2D eigenvalue weighted by molar-refractivity contribution is 0.638. The molecule has 3 unspecified atom stereocenters. The van der Waals surface area contributed by atoms with Gasteiger partial charge in [-0.2, -0.15) is 0 Å². The topological polar surface area (TPSA) is 4.93 Å². The van der Waals surface area contributed by atoms with Gasteiger partial charge in [-0.1, -0.05) is 113 Å². The predicted molar refractivity (Wildman–Crippen MR) is 172 cm³/mol. The number of thioether (sulfide) groups is 1. The maximum Gasteiger partial charge on any atom is 0.0541 e. The number of rotatable bonds is 3. The molecular formula is C36H26BrNS. The number of hydrogen-bond acceptors (Lipinski definition) is 1. The van der Waals surface area contributed by atoms with Crippen molar-refractivity contribution in [2.45, 2.75) is 16.5 Å². The van der Waals surface area contributed by atoms with E-state index in [0.29, 0.717) is 16.0 Å². The van der Waals surface area contributed by atoms with Crippen molar-refractivity contribution in [1.82, 2.24) is 4.57 Å². The third-order valence-electron chi connectivity index (χ3n) is 8.38. The number of hydrogen-bond donors (Lipinski definition) is 0. The SMILES string of the molecule is BrC1C2CC(c3ccc4c(c3)c3ccccc3n4-c3ccccc3)=CC=C2SC1c1cccc2ccccc12. The summed E-state index contributed by atoms with van der Waals surface area (Å²) in [5.74, 6) is 0.486. The van der Waals surface area contributed by atoms with Gasteiger partial charge in [0.2, 0.25) is 0 Å². The highest BCUT2D eigenvalue weighted by Crippen LogP contribution is 2.58. The van der Waals surface area contributed by atoms with Crippen LogP contribution in [0.3, 0.4) is 0 Å². The van der Waals surface area contributed by atoms with Gasteiger partial charge in [0.15, 0.2) is 0 Å². The largest absolute Gasteiger partial charge is 0.309 e. The molecule has 1 fully saturated rings. The van der Waals surface area contributed by atoms with E-state index in [4.69, 9.17) is 0 Å². The summed E-state index contributed by atoms with van der Waals surface area (Å²) >= 11 is 6.22. The van der Waals surface area contributed by atoms with Crippen LogP contribution in [0.1, 0.15) is 22.8 Å². The molecule has 188 valence electrons. The van der Waals surface area contributed by atoms with E-state index >= 15 is 0 Å². The summed E-state index contributed by atoms with van der Waals surface area (Å²) in [6.45, 7) is 0. The third-order valence-corrected chi connectivity index (χ3v) is 11.4. The van der Waals surface area contributed by atoms with Gasteiger partial charge in [-0.25, -0.2) is 0 Å². The zero-order valence-corrected chi connectivity index (χ0v) is 23.7. The molecule has 0 amide bonds. The molecule has 39 heavy (non-hydrogen) atoms. The van der Waals surface area contributed by atoms with Crippen molar-refractivity contribution < 1.29 is 0 Å². The Morgan fingerprint density at radius 1 is 0.667 bits per heavy atom. The van der Waals surface area contributed by atoms with E-state index in [9.17, 15) is 0 Å². The fourth-order valence-corrected chi connectivity index (χ4v) is 9.26. The lowest BCUT2D eigenvalue weighted by Gasteiger charge is -2.23. The molecule has 1 saturated heterocycles. The van der Waals surface area contributed by atoms with Crippen molar-refractivity contribution in [3.63, 3.8) is 0 Å². The van der Waals surface area contributed by atoms with Crippen LogP contribution in [0, 0.1) is 5.92 Å². The van der Waals surface area contributed by atoms with E-state index in [-0.39, 0.29) is 0 Å². The molecule has 3 heteroatoms. The Morgan fingerprint density at radius 3 is 2.31 bits per heavy atom. The molecule has 0 radical (unpaired) electrons. The summed E-state index contributed by atoms with van der Waals surface area (Å²) in [5.41, 5.74) is 7.89. The van der Waals surface area contributed by atoms with Gasteiger partial charge in [-0.3, -0.25) is 0 Å². The Morgan fingerprint density at radius 2 is 1.41 bits per heavy atom. The highest BCUT2D eigenvalue weighted by atomic mass is 79.9. The number of fused-ring (bicyclic) bond motifs is 5. The maximum absolute atomic E-state index is 4.18. The predicted octanol–water partition coefficient (Wildman–Crippen LogP) is 10.5. The molecule has 0 spiro atoms. The average molecular weight is 585 g/mol. The fourth-order valence-electron chi connectivity index (χ4n) is 6.51. The molecule has 6 aromatic rings. The van der Waals surface area contributed by atoms with Crippen molar-refractivity contribution in [3.8, 4) is 5.69 Å². The fraction of sp³-hybridized carbons (Fsp3) is 0.111. The van der Waals surface area contributed by atoms with Crippen molar-refractivity contribution >= 4 is 65.8 Å². The van der Waals surface area contributed by atoms with Crippen LogP contribution in [-0.2, 0) is 0 Å². The van der Waals surface area contributed by atoms with Crippen molar-refractivity contribution in [2.75, 3.05) is 0 Å². The van der Waals surface area contributed by atoms with Crippen molar-refractivity contribution in [2.24, 2.45) is 5.92 Å². The highest BCUT2D eigenvalue weighted by Gasteiger charge is 2.41. The van der Waals surface area contributed by atoms with Crippen LogP contribution in [0.4, 0.5) is 0 Å². The first-order valence-electron chi connectivity index (χ1n) is 13.5. The Bertz CT molecular complexity index is 1940. The minimum absolute atomic E-state index is 0.395. The zero-order chi connectivity index (χ0) is 25.9. The molecule has 1 aliphatic heterocycles. The van der Waals surface area contributed by atoms with Gasteiger partial charge in [0.1, 0.15) is 0 Å². The molecule has 0 bridgehead atoms. The van der Waals surface area contributed by atoms with Crippen LogP contribution in [0.15, 0.2) is 132 Å². The van der Waals surface area contributed by atoms with E-state index in [1.165, 1.54) is 59.9 Å². The van der Waals surface area contributed by atoms with Crippen LogP contribution in [0.2, 0.25) is 0 Å². The summed E-state index contributed by atoms with van der Waals surface area (Å²) in [4.78, 5) is 1.90. The number of benzene rings is 5. The van der Waals surface area contributed by atoms with Gasteiger partial charge in [-0.15, -0.1) is 11.8 Å². The molecule has 1 aromatic heterocycles. The molecule has 3 atom stereocenters. The van der Waals surface area contributed by atoms with Gasteiger partial charge in [-0.05, 0) is 69.1 Å². The van der Waals surface area contributed by atoms with Crippen molar-refractivity contribution in [3.05, 3.63) is 143 Å². The van der Waals surface area contributed by atoms with Gasteiger partial charge >= 0.3 is 0 Å². The Labute approximate surface area is 241 Å². The number of para-hydroxylation sites is 2. The van der Waals surface area contributed by atoms with Crippen molar-refractivity contribution in [1.29, 1.82) is 0 Å². The number of nitrogens with zero attached hydrogens (tertiary/aromatic N) is 1. The second-order valence-electron chi connectivity index (χ2n) is 10.5. The number of alkyl halides is 1. The lowest BCUT2D eigenvalue weighted by atomic mass is 9.85. The minimum Gasteiger partial charge on any atom is -0.309 e. The molecule has 1 aliphatic carbocycles. The molecule has 2 aliphatic rings. The van der Waals surface area contributed by atoms with Crippen LogP contribution >= 0.6 is 27.7 Å². The normalized spacial score (nSPS) is 20.8. The van der Waals surface area contributed by atoms with E-state index in [0.717, 1.165) is 6.42 Å². The first kappa shape index (κ1) is 23.4. The van der Waals surface area contributed by atoms with E-state index in [1.54, 1.807) is 0 Å². The van der Waals surface area contributed by atoms with Gasteiger partial charge in [0.25, 0.3) is 0 Å². The molecule has 0 saturated carbocycles. The third kappa shape index (κ3) is 3.75. The van der Waals surface area contributed by atoms with Crippen LogP contribution in [0.5, 0.6) is 0 Å². The zero-order valence-electron chi connectivity index (χ0n) is 21.3. The number of aromatic nitrogens is 1. The van der Waals surface area contributed by atoms with E-state index < -0.39 is 0 Å². The van der Waals surface area contributed by atoms with Gasteiger partial charge in [0, 0.05) is 32.5 Å². The van der Waals surface area contributed by atoms with Crippen LogP contribution in [0.25, 0.3) is 43.8 Å². The summed E-state index contributed by atoms with van der Waals surface area (Å²) in [6, 6.07) is 42.0. The quantitative estimate of drug-likeness (QED) is 0.187. The van der Waals surface area contributed by atoms with Gasteiger partial charge < -0.3 is 4.57 Å². The second kappa shape index (κ2) is 9.29. The number of allylic oxidation sites excluding steroid dienone is 4. The molecule has 5 aromatic carbocycles. The van der Waals surface area contributed by atoms with Crippen LogP contribution < -0.4 is 0 Å². The molecular weight excluding hydrogens is 558 g/mol. The summed E-state index contributed by atoms with van der Waals surface area (Å²) in [6.07, 6.45) is 5.80. The van der Waals surface area contributed by atoms with Gasteiger partial charge in [0.05, 0.1) is 11.0 Å². The Balaban J connectivity index is 1.16. The molecule has 0 N–H and O–H groups in total. The standard InChI is InChI=1S/C36H26BrNS/c37-35-31-22-25(18-20-34(31)39-36(35)29-15-8-10-23-9-4-5-13-27(23)29)24-17-19-33-30(21-24)28-14-6-7-16-32(28)38(33)26-11-2-1-3-12-26/h1-21,31,35-36H,22H2. The highest BCUT2D eigenvalue weighted by molar-refractivity contribution is 9.09. The molecule has 8 rings (SSSR count). The minimum atomic E-state index is 0.395. The smallest absolute Gasteiger partial charge is 0.0541 e. The van der Waals surface area contributed by atoms with E-state index in [2.05, 4.69) is 148 Å².